The van der Waals surface area contributed by atoms with Gasteiger partial charge in [0.05, 0.1) is 22.4 Å². The van der Waals surface area contributed by atoms with Crippen molar-refractivity contribution in [3.05, 3.63) is 41.2 Å². The number of benzene rings is 1. The number of aromatic amines is 1. The van der Waals surface area contributed by atoms with Crippen molar-refractivity contribution in [3.8, 4) is 11.3 Å². The molecule has 3 aromatic rings. The van der Waals surface area contributed by atoms with E-state index in [1.165, 1.54) is 0 Å². The zero-order valence-electron chi connectivity index (χ0n) is 14.5. The molecule has 0 spiro atoms. The van der Waals surface area contributed by atoms with Gasteiger partial charge in [0.2, 0.25) is 5.95 Å². The van der Waals surface area contributed by atoms with Crippen LogP contribution in [0.2, 0.25) is 5.02 Å². The van der Waals surface area contributed by atoms with E-state index in [9.17, 15) is 4.79 Å². The molecule has 0 radical (unpaired) electrons. The van der Waals surface area contributed by atoms with Gasteiger partial charge in [0.1, 0.15) is 0 Å². The first-order valence-electron chi connectivity index (χ1n) is 8.74. The number of ketones is 1. The SMILES string of the molecule is CC(=O)c1cccc2c(-c3nc(N[C@H]4CCCNC4)ncc3Cl)c[nH]c12. The van der Waals surface area contributed by atoms with Crippen LogP contribution in [0.4, 0.5) is 5.95 Å². The van der Waals surface area contributed by atoms with Gasteiger partial charge < -0.3 is 15.6 Å². The lowest BCUT2D eigenvalue weighted by molar-refractivity contribution is 0.101. The molecule has 0 saturated carbocycles. The molecule has 134 valence electrons. The van der Waals surface area contributed by atoms with Crippen molar-refractivity contribution < 1.29 is 4.79 Å². The number of carbonyl (C=O) groups excluding carboxylic acids is 1. The van der Waals surface area contributed by atoms with Crippen molar-refractivity contribution in [1.29, 1.82) is 0 Å². The topological polar surface area (TPSA) is 82.7 Å². The molecule has 0 amide bonds. The van der Waals surface area contributed by atoms with E-state index < -0.39 is 0 Å². The maximum atomic E-state index is 11.9. The molecule has 1 fully saturated rings. The van der Waals surface area contributed by atoms with Gasteiger partial charge in [0.15, 0.2) is 5.78 Å². The van der Waals surface area contributed by atoms with Crippen molar-refractivity contribution in [2.24, 2.45) is 0 Å². The Morgan fingerprint density at radius 2 is 2.27 bits per heavy atom. The molecule has 2 aromatic heterocycles. The second-order valence-corrected chi connectivity index (χ2v) is 6.97. The molecule has 1 atom stereocenters. The van der Waals surface area contributed by atoms with Crippen LogP contribution in [0.15, 0.2) is 30.6 Å². The van der Waals surface area contributed by atoms with Gasteiger partial charge in [0, 0.05) is 35.3 Å². The molecule has 7 heteroatoms. The summed E-state index contributed by atoms with van der Waals surface area (Å²) in [5, 5.41) is 8.15. The van der Waals surface area contributed by atoms with Gasteiger partial charge in [-0.2, -0.15) is 0 Å². The van der Waals surface area contributed by atoms with E-state index in [4.69, 9.17) is 11.6 Å². The first kappa shape index (κ1) is 17.0. The van der Waals surface area contributed by atoms with Gasteiger partial charge in [-0.3, -0.25) is 4.79 Å². The summed E-state index contributed by atoms with van der Waals surface area (Å²) in [5.41, 5.74) is 2.97. The van der Waals surface area contributed by atoms with Crippen LogP contribution in [-0.2, 0) is 0 Å². The summed E-state index contributed by atoms with van der Waals surface area (Å²) >= 11 is 6.39. The third-order valence-corrected chi connectivity index (χ3v) is 5.00. The molecule has 3 N–H and O–H groups in total. The van der Waals surface area contributed by atoms with Crippen LogP contribution in [0, 0.1) is 0 Å². The number of aromatic nitrogens is 3. The highest BCUT2D eigenvalue weighted by atomic mass is 35.5. The van der Waals surface area contributed by atoms with Gasteiger partial charge in [-0.25, -0.2) is 9.97 Å². The summed E-state index contributed by atoms with van der Waals surface area (Å²) in [4.78, 5) is 24.0. The fraction of sp³-hybridized carbons (Fsp3) is 0.316. The van der Waals surface area contributed by atoms with Crippen LogP contribution in [0.5, 0.6) is 0 Å². The van der Waals surface area contributed by atoms with E-state index in [1.54, 1.807) is 13.1 Å². The van der Waals surface area contributed by atoms with Crippen LogP contribution in [0.25, 0.3) is 22.2 Å². The highest BCUT2D eigenvalue weighted by Crippen LogP contribution is 2.33. The number of Topliss-reactive ketones (excluding diaryl/α,β-unsaturated/α-hetero) is 1. The number of piperidine rings is 1. The summed E-state index contributed by atoms with van der Waals surface area (Å²) in [6.45, 7) is 3.52. The average Bonchev–Trinajstić information content (AvgIpc) is 3.08. The highest BCUT2D eigenvalue weighted by molar-refractivity contribution is 6.33. The fourth-order valence-corrected chi connectivity index (χ4v) is 3.62. The first-order valence-corrected chi connectivity index (χ1v) is 9.12. The van der Waals surface area contributed by atoms with Crippen LogP contribution in [0.1, 0.15) is 30.1 Å². The van der Waals surface area contributed by atoms with E-state index in [0.29, 0.717) is 28.3 Å². The lowest BCUT2D eigenvalue weighted by atomic mass is 10.0. The predicted octanol–water partition coefficient (Wildman–Crippen LogP) is 3.64. The third kappa shape index (κ3) is 3.18. The Morgan fingerprint density at radius 3 is 3.04 bits per heavy atom. The Kier molecular flexibility index (Phi) is 4.61. The molecular weight excluding hydrogens is 350 g/mol. The van der Waals surface area contributed by atoms with Gasteiger partial charge >= 0.3 is 0 Å². The Labute approximate surface area is 156 Å². The van der Waals surface area contributed by atoms with E-state index >= 15 is 0 Å². The standard InChI is InChI=1S/C19H20ClN5O/c1-11(26)13-5-2-6-14-15(9-22-17(13)14)18-16(20)10-23-19(25-18)24-12-4-3-7-21-8-12/h2,5-6,9-10,12,21-22H,3-4,7-8H2,1H3,(H,23,24,25)/t12-/m0/s1. The highest BCUT2D eigenvalue weighted by Gasteiger charge is 2.18. The number of para-hydroxylation sites is 1. The molecule has 0 bridgehead atoms. The maximum Gasteiger partial charge on any atom is 0.223 e. The number of hydrogen-bond acceptors (Lipinski definition) is 5. The van der Waals surface area contributed by atoms with E-state index in [1.807, 2.05) is 24.4 Å². The zero-order valence-corrected chi connectivity index (χ0v) is 15.2. The monoisotopic (exact) mass is 369 g/mol. The normalized spacial score (nSPS) is 17.4. The summed E-state index contributed by atoms with van der Waals surface area (Å²) in [6.07, 6.45) is 5.69. The molecule has 3 heterocycles. The summed E-state index contributed by atoms with van der Waals surface area (Å²) in [7, 11) is 0. The van der Waals surface area contributed by atoms with Crippen LogP contribution in [0.3, 0.4) is 0 Å². The number of nitrogens with zero attached hydrogens (tertiary/aromatic N) is 2. The van der Waals surface area contributed by atoms with Gasteiger partial charge in [0.25, 0.3) is 0 Å². The minimum absolute atomic E-state index is 0.0185. The number of anilines is 1. The first-order chi connectivity index (χ1) is 12.6. The number of carbonyl (C=O) groups is 1. The summed E-state index contributed by atoms with van der Waals surface area (Å²) < 4.78 is 0. The molecule has 26 heavy (non-hydrogen) atoms. The van der Waals surface area contributed by atoms with Crippen molar-refractivity contribution in [3.63, 3.8) is 0 Å². The van der Waals surface area contributed by atoms with Gasteiger partial charge in [-0.05, 0) is 32.4 Å². The van der Waals surface area contributed by atoms with Crippen LogP contribution in [-0.4, -0.2) is 39.9 Å². The minimum atomic E-state index is 0.0185. The maximum absolute atomic E-state index is 11.9. The molecule has 1 aromatic carbocycles. The van der Waals surface area contributed by atoms with Crippen LogP contribution >= 0.6 is 11.6 Å². The molecule has 1 aliphatic heterocycles. The van der Waals surface area contributed by atoms with Crippen molar-refractivity contribution in [1.82, 2.24) is 20.3 Å². The molecule has 1 saturated heterocycles. The molecular formula is C19H20ClN5O. The zero-order chi connectivity index (χ0) is 18.1. The summed E-state index contributed by atoms with van der Waals surface area (Å²) in [5.74, 6) is 0.583. The molecule has 6 nitrogen and oxygen atoms in total. The third-order valence-electron chi connectivity index (χ3n) is 4.72. The predicted molar refractivity (Wildman–Crippen MR) is 104 cm³/mol. The molecule has 0 unspecified atom stereocenters. The number of H-pyrrole nitrogens is 1. The van der Waals surface area contributed by atoms with E-state index in [0.717, 1.165) is 42.4 Å². The largest absolute Gasteiger partial charge is 0.360 e. The number of fused-ring (bicyclic) bond motifs is 1. The van der Waals surface area contributed by atoms with Crippen LogP contribution < -0.4 is 10.6 Å². The van der Waals surface area contributed by atoms with Gasteiger partial charge in [-0.15, -0.1) is 0 Å². The Morgan fingerprint density at radius 1 is 1.38 bits per heavy atom. The quantitative estimate of drug-likeness (QED) is 0.611. The Bertz CT molecular complexity index is 962. The summed E-state index contributed by atoms with van der Waals surface area (Å²) in [6, 6.07) is 5.96. The van der Waals surface area contributed by atoms with Gasteiger partial charge in [-0.1, -0.05) is 23.7 Å². The number of halogens is 1. The van der Waals surface area contributed by atoms with E-state index in [2.05, 4.69) is 25.6 Å². The molecule has 4 rings (SSSR count). The van der Waals surface area contributed by atoms with Crippen molar-refractivity contribution in [2.45, 2.75) is 25.8 Å². The van der Waals surface area contributed by atoms with E-state index in [-0.39, 0.29) is 5.78 Å². The second kappa shape index (κ2) is 7.05. The van der Waals surface area contributed by atoms with Crippen molar-refractivity contribution in [2.75, 3.05) is 18.4 Å². The second-order valence-electron chi connectivity index (χ2n) is 6.56. The molecule has 0 aliphatic carbocycles. The number of nitrogens with one attached hydrogen (secondary N) is 3. The van der Waals surface area contributed by atoms with Crippen molar-refractivity contribution >= 4 is 34.2 Å². The average molecular weight is 370 g/mol. The molecule has 1 aliphatic rings. The lowest BCUT2D eigenvalue weighted by Gasteiger charge is -2.23. The number of hydrogen-bond donors (Lipinski definition) is 3. The Balaban J connectivity index is 1.73. The fourth-order valence-electron chi connectivity index (χ4n) is 3.43. The lowest BCUT2D eigenvalue weighted by Crippen LogP contribution is -2.38. The number of rotatable bonds is 4. The smallest absolute Gasteiger partial charge is 0.223 e. The minimum Gasteiger partial charge on any atom is -0.360 e. The Hall–Kier alpha value is -2.44.